The molecule has 0 aromatic heterocycles. The first-order valence-corrected chi connectivity index (χ1v) is 9.17. The molecule has 0 aliphatic heterocycles. The number of phosphoric acid groups is 2. The van der Waals surface area contributed by atoms with E-state index in [0.717, 1.165) is 0 Å². The molecule has 0 saturated heterocycles. The van der Waals surface area contributed by atoms with Crippen LogP contribution in [0.1, 0.15) is 0 Å². The Balaban J connectivity index is -0.0000000778. The molecule has 0 aliphatic carbocycles. The number of hydrogen-bond acceptors (Lipinski definition) is 11. The number of aliphatic hydroxyl groups is 4. The Labute approximate surface area is 190 Å². The molecule has 0 amide bonds. The first-order valence-electron chi connectivity index (χ1n) is 6.17. The monoisotopic (exact) mass is 432 g/mol. The zero-order valence-corrected chi connectivity index (χ0v) is 20.1. The molecule has 0 fully saturated rings. The zero-order chi connectivity index (χ0) is 18.8. The molecular weight excluding hydrogens is 408 g/mol. The maximum atomic E-state index is 9.55. The van der Waals surface area contributed by atoms with Gasteiger partial charge in [0.15, 0.2) is 0 Å². The molecule has 0 aromatic carbocycles. The molecule has 0 rings (SSSR count). The summed E-state index contributed by atoms with van der Waals surface area (Å²) in [4.78, 5) is 34.1. The Hall–Kier alpha value is 2.02. The standard InChI is InChI=1S/2C4H11NO2.2Na.H4O7P2/c2*6-3-1-5-2-4-7;;;1-8(2,3)7-9(4,5)6/h2*5-7H,1-4H2;;;(H2,1,2,3)(H2,4,5,6)/q;;2*+1;/p-2. The second-order valence-electron chi connectivity index (χ2n) is 3.41. The second-order valence-corrected chi connectivity index (χ2v) is 5.94. The van der Waals surface area contributed by atoms with E-state index < -0.39 is 15.6 Å². The largest absolute Gasteiger partial charge is 1.00 e. The van der Waals surface area contributed by atoms with Gasteiger partial charge in [-0.15, -0.1) is 0 Å². The third-order valence-corrected chi connectivity index (χ3v) is 3.01. The number of nitrogens with one attached hydrogen (secondary N) is 2. The number of rotatable bonds is 10. The van der Waals surface area contributed by atoms with Crippen molar-refractivity contribution in [2.45, 2.75) is 0 Å². The van der Waals surface area contributed by atoms with Crippen molar-refractivity contribution < 1.29 is 113 Å². The predicted octanol–water partition coefficient (Wildman–Crippen LogP) is -10.9. The van der Waals surface area contributed by atoms with Gasteiger partial charge in [-0.05, 0) is 0 Å². The molecule has 0 aliphatic rings. The fourth-order valence-electron chi connectivity index (χ4n) is 0.696. The van der Waals surface area contributed by atoms with Crippen LogP contribution in [-0.2, 0) is 13.4 Å². The van der Waals surface area contributed by atoms with Crippen molar-refractivity contribution in [1.29, 1.82) is 0 Å². The van der Waals surface area contributed by atoms with Crippen LogP contribution < -0.4 is 79.5 Å². The Morgan fingerprint density at radius 1 is 0.720 bits per heavy atom. The Bertz CT molecular complexity index is 293. The molecule has 0 aromatic rings. The van der Waals surface area contributed by atoms with Crippen LogP contribution in [0.2, 0.25) is 0 Å². The van der Waals surface area contributed by atoms with E-state index in [1.165, 1.54) is 0 Å². The quantitative estimate of drug-likeness (QED) is 0.0911. The predicted molar refractivity (Wildman–Crippen MR) is 74.8 cm³/mol. The summed E-state index contributed by atoms with van der Waals surface area (Å²) in [6.45, 7) is 2.84. The second kappa shape index (κ2) is 26.0. The molecule has 0 atom stereocenters. The van der Waals surface area contributed by atoms with Crippen LogP contribution in [-0.4, -0.2) is 82.8 Å². The van der Waals surface area contributed by atoms with Crippen molar-refractivity contribution in [2.24, 2.45) is 0 Å². The fraction of sp³-hybridized carbons (Fsp3) is 1.00. The molecule has 8 N–H and O–H groups in total. The van der Waals surface area contributed by atoms with Gasteiger partial charge >= 0.3 is 66.9 Å². The Morgan fingerprint density at radius 2 is 0.960 bits per heavy atom. The molecule has 0 radical (unpaired) electrons. The molecule has 0 unspecified atom stereocenters. The number of aliphatic hydroxyl groups excluding tert-OH is 4. The summed E-state index contributed by atoms with van der Waals surface area (Å²) in [7, 11) is -10.7. The normalized spacial score (nSPS) is 10.2. The van der Waals surface area contributed by atoms with Crippen molar-refractivity contribution >= 4 is 15.6 Å². The van der Waals surface area contributed by atoms with Crippen LogP contribution in [0.15, 0.2) is 0 Å². The zero-order valence-electron chi connectivity index (χ0n) is 14.3. The number of hydrogen-bond donors (Lipinski definition) is 8. The van der Waals surface area contributed by atoms with Gasteiger partial charge in [-0.2, -0.15) is 0 Å². The molecule has 0 saturated carbocycles. The van der Waals surface area contributed by atoms with Gasteiger partial charge in [0.25, 0.3) is 0 Å². The summed E-state index contributed by atoms with van der Waals surface area (Å²) in [6, 6.07) is 0. The minimum Gasteiger partial charge on any atom is -0.789 e. The van der Waals surface area contributed by atoms with Gasteiger partial charge < -0.3 is 55.2 Å². The van der Waals surface area contributed by atoms with E-state index >= 15 is 0 Å². The molecule has 0 bridgehead atoms. The van der Waals surface area contributed by atoms with Crippen molar-refractivity contribution in [3.8, 4) is 0 Å². The fourth-order valence-corrected chi connectivity index (χ4v) is 1.74. The van der Waals surface area contributed by atoms with E-state index in [2.05, 4.69) is 14.9 Å². The van der Waals surface area contributed by atoms with Gasteiger partial charge in [0.1, 0.15) is 0 Å². The van der Waals surface area contributed by atoms with E-state index in [4.69, 9.17) is 30.2 Å². The molecule has 0 spiro atoms. The van der Waals surface area contributed by atoms with E-state index in [1.54, 1.807) is 0 Å². The summed E-state index contributed by atoms with van der Waals surface area (Å²) >= 11 is 0. The van der Waals surface area contributed by atoms with E-state index in [-0.39, 0.29) is 85.5 Å². The van der Waals surface area contributed by atoms with Gasteiger partial charge in [-0.3, -0.25) is 4.31 Å². The van der Waals surface area contributed by atoms with E-state index in [1.807, 2.05) is 0 Å². The van der Waals surface area contributed by atoms with Gasteiger partial charge in [0, 0.05) is 26.2 Å². The van der Waals surface area contributed by atoms with Gasteiger partial charge in [-0.1, -0.05) is 0 Å². The molecular formula is C8H24N2Na2O11P2. The van der Waals surface area contributed by atoms with Gasteiger partial charge in [-0.25, -0.2) is 4.57 Å². The van der Waals surface area contributed by atoms with Crippen molar-refractivity contribution in [2.75, 3.05) is 52.6 Å². The third kappa shape index (κ3) is 58.5. The van der Waals surface area contributed by atoms with Crippen LogP contribution in [0.4, 0.5) is 0 Å². The summed E-state index contributed by atoms with van der Waals surface area (Å²) in [5.41, 5.74) is 0. The average Bonchev–Trinajstić information content (AvgIpc) is 2.37. The first-order chi connectivity index (χ1) is 10.5. The van der Waals surface area contributed by atoms with E-state index in [9.17, 15) is 18.9 Å². The van der Waals surface area contributed by atoms with Crippen LogP contribution in [0, 0.1) is 0 Å². The van der Waals surface area contributed by atoms with Crippen LogP contribution in [0.3, 0.4) is 0 Å². The minimum absolute atomic E-state index is 0. The van der Waals surface area contributed by atoms with Crippen molar-refractivity contribution in [3.05, 3.63) is 0 Å². The Morgan fingerprint density at radius 3 is 1.04 bits per heavy atom. The Kier molecular flexibility index (Phi) is 39.3. The van der Waals surface area contributed by atoms with Gasteiger partial charge in [0.2, 0.25) is 0 Å². The van der Waals surface area contributed by atoms with Gasteiger partial charge in [0.05, 0.1) is 34.3 Å². The smallest absolute Gasteiger partial charge is 0.789 e. The summed E-state index contributed by atoms with van der Waals surface area (Å²) in [5, 5.41) is 38.2. The maximum Gasteiger partial charge on any atom is 1.00 e. The first kappa shape index (κ1) is 37.7. The summed E-state index contributed by atoms with van der Waals surface area (Å²) in [5.74, 6) is 0. The topological polar surface area (TPSA) is 235 Å². The van der Waals surface area contributed by atoms with Crippen LogP contribution in [0.5, 0.6) is 0 Å². The van der Waals surface area contributed by atoms with E-state index in [0.29, 0.717) is 26.2 Å². The van der Waals surface area contributed by atoms with Crippen molar-refractivity contribution in [3.63, 3.8) is 0 Å². The van der Waals surface area contributed by atoms with Crippen LogP contribution >= 0.6 is 15.6 Å². The third-order valence-electron chi connectivity index (χ3n) is 1.36. The maximum absolute atomic E-state index is 9.55. The SMILES string of the molecule is O=P([O-])([O-])OP(=O)(O)O.OCCNCCO.OCCNCCO.[Na+].[Na+]. The molecule has 25 heavy (non-hydrogen) atoms. The molecule has 17 heteroatoms. The van der Waals surface area contributed by atoms with Crippen LogP contribution in [0.25, 0.3) is 0 Å². The molecule has 0 heterocycles. The average molecular weight is 432 g/mol. The van der Waals surface area contributed by atoms with Crippen molar-refractivity contribution in [1.82, 2.24) is 10.6 Å². The molecule has 144 valence electrons. The summed E-state index contributed by atoms with van der Waals surface area (Å²) < 4.78 is 21.7. The molecule has 13 nitrogen and oxygen atoms in total. The minimum atomic E-state index is -5.55. The summed E-state index contributed by atoms with van der Waals surface area (Å²) in [6.07, 6.45) is 0.